The minimum Gasteiger partial charge on any atom is -0.490 e. The lowest BCUT2D eigenvalue weighted by Gasteiger charge is -2.32. The number of rotatable bonds is 7. The number of likely N-dealkylation sites (tertiary alicyclic amines) is 1. The first-order valence-electron chi connectivity index (χ1n) is 8.99. The fraction of sp³-hybridized carbons (Fsp3) is 0.450. The molecule has 0 N–H and O–H groups in total. The molecule has 26 heavy (non-hydrogen) atoms. The maximum absolute atomic E-state index is 12.8. The van der Waals surface area contributed by atoms with Gasteiger partial charge in [-0.25, -0.2) is 0 Å². The van der Waals surface area contributed by atoms with Gasteiger partial charge in [-0.1, -0.05) is 12.1 Å². The third kappa shape index (κ3) is 4.69. The second kappa shape index (κ2) is 8.94. The zero-order valence-electron chi connectivity index (χ0n) is 14.9. The molecule has 1 aliphatic heterocycles. The van der Waals surface area contributed by atoms with Crippen LogP contribution in [0.25, 0.3) is 0 Å². The standard InChI is InChI=1S/C20H24F2N2O2/c1-2-25-18-5-3-4-17(19(18)26-20(21)22)14-24-12-8-16(9-13-24)15-6-10-23-11-7-15/h3-7,10-11,16,20H,2,8-9,12-14H2,1H3. The van der Waals surface area contributed by atoms with Crippen LogP contribution >= 0.6 is 0 Å². The van der Waals surface area contributed by atoms with E-state index in [1.54, 1.807) is 6.07 Å². The van der Waals surface area contributed by atoms with Crippen molar-refractivity contribution in [2.75, 3.05) is 19.7 Å². The fourth-order valence-corrected chi connectivity index (χ4v) is 3.48. The third-order valence-electron chi connectivity index (χ3n) is 4.73. The number of hydrogen-bond acceptors (Lipinski definition) is 4. The summed E-state index contributed by atoms with van der Waals surface area (Å²) in [5.41, 5.74) is 2.05. The molecule has 140 valence electrons. The second-order valence-electron chi connectivity index (χ2n) is 6.39. The molecule has 1 aromatic carbocycles. The number of aromatic nitrogens is 1. The topological polar surface area (TPSA) is 34.6 Å². The van der Waals surface area contributed by atoms with Crippen molar-refractivity contribution in [3.05, 3.63) is 53.9 Å². The summed E-state index contributed by atoms with van der Waals surface area (Å²) in [6, 6.07) is 9.46. The minimum atomic E-state index is -2.87. The number of nitrogens with zero attached hydrogens (tertiary/aromatic N) is 2. The highest BCUT2D eigenvalue weighted by Gasteiger charge is 2.23. The van der Waals surface area contributed by atoms with Gasteiger partial charge in [-0.3, -0.25) is 9.88 Å². The van der Waals surface area contributed by atoms with Crippen LogP contribution in [-0.2, 0) is 6.54 Å². The van der Waals surface area contributed by atoms with Gasteiger partial charge >= 0.3 is 6.61 Å². The molecule has 1 aromatic heterocycles. The average Bonchev–Trinajstić information content (AvgIpc) is 2.65. The van der Waals surface area contributed by atoms with Crippen molar-refractivity contribution >= 4 is 0 Å². The monoisotopic (exact) mass is 362 g/mol. The largest absolute Gasteiger partial charge is 0.490 e. The van der Waals surface area contributed by atoms with E-state index in [1.807, 2.05) is 31.5 Å². The van der Waals surface area contributed by atoms with Crippen LogP contribution in [-0.4, -0.2) is 36.2 Å². The van der Waals surface area contributed by atoms with E-state index in [9.17, 15) is 8.78 Å². The summed E-state index contributed by atoms with van der Waals surface area (Å²) in [5.74, 6) is 1.05. The molecule has 1 aliphatic rings. The van der Waals surface area contributed by atoms with Gasteiger partial charge in [0.1, 0.15) is 0 Å². The molecule has 0 saturated carbocycles. The molecule has 0 bridgehead atoms. The Morgan fingerprint density at radius 2 is 1.88 bits per heavy atom. The highest BCUT2D eigenvalue weighted by molar-refractivity contribution is 5.46. The molecule has 0 amide bonds. The molecule has 1 saturated heterocycles. The van der Waals surface area contributed by atoms with E-state index in [-0.39, 0.29) is 5.75 Å². The number of piperidine rings is 1. The van der Waals surface area contributed by atoms with Crippen molar-refractivity contribution in [3.63, 3.8) is 0 Å². The molecule has 0 unspecified atom stereocenters. The zero-order valence-corrected chi connectivity index (χ0v) is 14.9. The highest BCUT2D eigenvalue weighted by Crippen LogP contribution is 2.35. The number of hydrogen-bond donors (Lipinski definition) is 0. The summed E-state index contributed by atoms with van der Waals surface area (Å²) < 4.78 is 35.9. The molecule has 2 aromatic rings. The Morgan fingerprint density at radius 3 is 2.54 bits per heavy atom. The summed E-state index contributed by atoms with van der Waals surface area (Å²) in [6.45, 7) is 1.77. The maximum Gasteiger partial charge on any atom is 0.387 e. The van der Waals surface area contributed by atoms with Crippen molar-refractivity contribution in [2.45, 2.75) is 38.8 Å². The van der Waals surface area contributed by atoms with E-state index in [4.69, 9.17) is 9.47 Å². The summed E-state index contributed by atoms with van der Waals surface area (Å²) in [7, 11) is 0. The lowest BCUT2D eigenvalue weighted by molar-refractivity contribution is -0.0524. The molecule has 3 rings (SSSR count). The zero-order chi connectivity index (χ0) is 18.4. The Balaban J connectivity index is 1.67. The van der Waals surface area contributed by atoms with Gasteiger partial charge in [-0.2, -0.15) is 8.78 Å². The van der Waals surface area contributed by atoms with Gasteiger partial charge in [-0.05, 0) is 62.5 Å². The molecule has 0 radical (unpaired) electrons. The molecular weight excluding hydrogens is 338 g/mol. The number of benzene rings is 1. The number of para-hydroxylation sites is 1. The predicted octanol–water partition coefficient (Wildman–Crippen LogP) is 4.46. The first-order chi connectivity index (χ1) is 12.7. The normalized spacial score (nSPS) is 16.0. The molecule has 4 nitrogen and oxygen atoms in total. The first kappa shape index (κ1) is 18.6. The Kier molecular flexibility index (Phi) is 6.39. The van der Waals surface area contributed by atoms with E-state index in [1.165, 1.54) is 5.56 Å². The molecule has 0 spiro atoms. The summed E-state index contributed by atoms with van der Waals surface area (Å²) in [6.07, 6.45) is 5.74. The maximum atomic E-state index is 12.8. The predicted molar refractivity (Wildman–Crippen MR) is 95.7 cm³/mol. The lowest BCUT2D eigenvalue weighted by Crippen LogP contribution is -2.32. The van der Waals surface area contributed by atoms with E-state index in [0.717, 1.165) is 31.5 Å². The van der Waals surface area contributed by atoms with Crippen LogP contribution in [0, 0.1) is 0 Å². The van der Waals surface area contributed by atoms with Crippen molar-refractivity contribution < 1.29 is 18.3 Å². The Bertz CT molecular complexity index is 689. The van der Waals surface area contributed by atoms with E-state index in [0.29, 0.717) is 24.8 Å². The highest BCUT2D eigenvalue weighted by atomic mass is 19.3. The SMILES string of the molecule is CCOc1cccc(CN2CCC(c3ccncc3)CC2)c1OC(F)F. The lowest BCUT2D eigenvalue weighted by atomic mass is 9.90. The van der Waals surface area contributed by atoms with Crippen molar-refractivity contribution in [2.24, 2.45) is 0 Å². The molecule has 0 aliphatic carbocycles. The van der Waals surface area contributed by atoms with Gasteiger partial charge in [0, 0.05) is 24.5 Å². The summed E-state index contributed by atoms with van der Waals surface area (Å²) in [4.78, 5) is 6.35. The van der Waals surface area contributed by atoms with Gasteiger partial charge in [-0.15, -0.1) is 0 Å². The molecular formula is C20H24F2N2O2. The number of alkyl halides is 2. The number of pyridine rings is 1. The molecule has 2 heterocycles. The van der Waals surface area contributed by atoms with E-state index < -0.39 is 6.61 Å². The Labute approximate surface area is 152 Å². The molecule has 1 fully saturated rings. The quantitative estimate of drug-likeness (QED) is 0.728. The van der Waals surface area contributed by atoms with Crippen LogP contribution in [0.2, 0.25) is 0 Å². The smallest absolute Gasteiger partial charge is 0.387 e. The van der Waals surface area contributed by atoms with Crippen molar-refractivity contribution in [3.8, 4) is 11.5 Å². The van der Waals surface area contributed by atoms with Gasteiger partial charge < -0.3 is 9.47 Å². The molecule has 6 heteroatoms. The van der Waals surface area contributed by atoms with Crippen LogP contribution in [0.5, 0.6) is 11.5 Å². The second-order valence-corrected chi connectivity index (χ2v) is 6.39. The van der Waals surface area contributed by atoms with Crippen LogP contribution in [0.15, 0.2) is 42.7 Å². The van der Waals surface area contributed by atoms with Crippen molar-refractivity contribution in [1.82, 2.24) is 9.88 Å². The first-order valence-corrected chi connectivity index (χ1v) is 8.99. The van der Waals surface area contributed by atoms with E-state index >= 15 is 0 Å². The third-order valence-corrected chi connectivity index (χ3v) is 4.73. The van der Waals surface area contributed by atoms with Gasteiger partial charge in [0.2, 0.25) is 0 Å². The van der Waals surface area contributed by atoms with Crippen LogP contribution in [0.3, 0.4) is 0 Å². The van der Waals surface area contributed by atoms with Gasteiger partial charge in [0.15, 0.2) is 11.5 Å². The Morgan fingerprint density at radius 1 is 1.15 bits per heavy atom. The van der Waals surface area contributed by atoms with Gasteiger partial charge in [0.05, 0.1) is 6.61 Å². The van der Waals surface area contributed by atoms with Crippen LogP contribution < -0.4 is 9.47 Å². The number of halogens is 2. The fourth-order valence-electron chi connectivity index (χ4n) is 3.48. The summed E-state index contributed by atoms with van der Waals surface area (Å²) >= 11 is 0. The van der Waals surface area contributed by atoms with E-state index in [2.05, 4.69) is 22.0 Å². The average molecular weight is 362 g/mol. The summed E-state index contributed by atoms with van der Waals surface area (Å²) in [5, 5.41) is 0. The Hall–Kier alpha value is -2.21. The molecule has 0 atom stereocenters. The minimum absolute atomic E-state index is 0.153. The van der Waals surface area contributed by atoms with Crippen LogP contribution in [0.1, 0.15) is 36.8 Å². The van der Waals surface area contributed by atoms with Crippen molar-refractivity contribution in [1.29, 1.82) is 0 Å². The van der Waals surface area contributed by atoms with Gasteiger partial charge in [0.25, 0.3) is 0 Å². The number of ether oxygens (including phenoxy) is 2. The van der Waals surface area contributed by atoms with Crippen LogP contribution in [0.4, 0.5) is 8.78 Å².